The first kappa shape index (κ1) is 17.6. The van der Waals surface area contributed by atoms with E-state index in [1.165, 1.54) is 17.4 Å². The topological polar surface area (TPSA) is 72.7 Å². The van der Waals surface area contributed by atoms with E-state index in [0.717, 1.165) is 28.6 Å². The summed E-state index contributed by atoms with van der Waals surface area (Å²) in [4.78, 5) is 30.2. The summed E-state index contributed by atoms with van der Waals surface area (Å²) in [6.07, 6.45) is 0.739. The molecule has 0 aliphatic carbocycles. The lowest BCUT2D eigenvalue weighted by atomic mass is 10.1. The fourth-order valence-electron chi connectivity index (χ4n) is 2.62. The van der Waals surface area contributed by atoms with Gasteiger partial charge in [-0.05, 0) is 50.5 Å². The Morgan fingerprint density at radius 3 is 2.80 bits per heavy atom. The second-order valence-electron chi connectivity index (χ2n) is 5.91. The number of carbonyl (C=O) groups excluding carboxylic acids is 1. The van der Waals surface area contributed by atoms with Crippen LogP contribution in [0.4, 0.5) is 0 Å². The molecule has 1 amide bonds. The van der Waals surface area contributed by atoms with Crippen LogP contribution in [-0.4, -0.2) is 35.1 Å². The van der Waals surface area contributed by atoms with Crippen LogP contribution in [0.25, 0.3) is 16.0 Å². The molecule has 7 heteroatoms. The third-order valence-electron chi connectivity index (χ3n) is 4.09. The zero-order chi connectivity index (χ0) is 18.0. The number of benzene rings is 1. The van der Waals surface area contributed by atoms with Gasteiger partial charge in [0.15, 0.2) is 4.96 Å². The molecular formula is C18H21N3O3S. The number of fused-ring (bicyclic) bond motifs is 3. The lowest BCUT2D eigenvalue weighted by Gasteiger charge is -2.05. The van der Waals surface area contributed by atoms with Crippen molar-refractivity contribution in [2.24, 2.45) is 0 Å². The minimum atomic E-state index is -0.250. The third kappa shape index (κ3) is 3.57. The monoisotopic (exact) mass is 359 g/mol. The van der Waals surface area contributed by atoms with Crippen LogP contribution in [0.5, 0.6) is 0 Å². The normalized spacial score (nSPS) is 11.3. The number of aromatic nitrogens is 2. The van der Waals surface area contributed by atoms with Gasteiger partial charge in [-0.3, -0.25) is 14.0 Å². The highest BCUT2D eigenvalue weighted by molar-refractivity contribution is 7.18. The molecular weight excluding hydrogens is 338 g/mol. The number of carbonyl (C=O) groups is 1. The highest BCUT2D eigenvalue weighted by Crippen LogP contribution is 2.22. The second-order valence-corrected chi connectivity index (χ2v) is 6.92. The molecule has 3 rings (SSSR count). The largest absolute Gasteiger partial charge is 0.382 e. The molecule has 0 unspecified atom stereocenters. The molecule has 25 heavy (non-hydrogen) atoms. The molecule has 6 nitrogen and oxygen atoms in total. The molecule has 1 aromatic carbocycles. The number of hydrogen-bond acceptors (Lipinski definition) is 5. The number of amides is 1. The molecule has 0 saturated carbocycles. The third-order valence-corrected chi connectivity index (χ3v) is 5.07. The van der Waals surface area contributed by atoms with Gasteiger partial charge in [0.2, 0.25) is 0 Å². The van der Waals surface area contributed by atoms with Crippen molar-refractivity contribution >= 4 is 33.2 Å². The summed E-state index contributed by atoms with van der Waals surface area (Å²) < 4.78 is 6.81. The van der Waals surface area contributed by atoms with Gasteiger partial charge in [0.25, 0.3) is 11.5 Å². The first-order valence-corrected chi connectivity index (χ1v) is 9.12. The fraction of sp³-hybridized carbons (Fsp3) is 0.389. The first-order chi connectivity index (χ1) is 12.0. The molecule has 1 N–H and O–H groups in total. The number of ether oxygens (including phenoxy) is 1. The minimum Gasteiger partial charge on any atom is -0.382 e. The number of aryl methyl sites for hydroxylation is 2. The van der Waals surface area contributed by atoms with Crippen molar-refractivity contribution < 1.29 is 9.53 Å². The Bertz CT molecular complexity index is 991. The molecule has 2 aromatic heterocycles. The Morgan fingerprint density at radius 2 is 2.04 bits per heavy atom. The number of hydrogen-bond donors (Lipinski definition) is 1. The number of imidazole rings is 1. The van der Waals surface area contributed by atoms with Crippen LogP contribution in [0.2, 0.25) is 0 Å². The summed E-state index contributed by atoms with van der Waals surface area (Å²) >= 11 is 1.22. The van der Waals surface area contributed by atoms with E-state index in [-0.39, 0.29) is 11.5 Å². The lowest BCUT2D eigenvalue weighted by Crippen LogP contribution is -2.26. The van der Waals surface area contributed by atoms with Crippen molar-refractivity contribution in [3.05, 3.63) is 44.6 Å². The Morgan fingerprint density at radius 1 is 1.28 bits per heavy atom. The summed E-state index contributed by atoms with van der Waals surface area (Å²) in [6, 6.07) is 5.31. The minimum absolute atomic E-state index is 0.237. The molecule has 0 atom stereocenters. The standard InChI is InChI=1S/C18H21N3O3S/c1-4-24-7-5-6-19-17(23)15-10-16(22)21-14-9-12(3)11(2)8-13(14)20-18(21)25-15/h8-10H,4-7H2,1-3H3,(H,19,23). The quantitative estimate of drug-likeness (QED) is 0.687. The predicted molar refractivity (Wildman–Crippen MR) is 99.8 cm³/mol. The van der Waals surface area contributed by atoms with Crippen molar-refractivity contribution in [1.29, 1.82) is 0 Å². The molecule has 0 aliphatic heterocycles. The maximum absolute atomic E-state index is 12.5. The number of nitrogens with one attached hydrogen (secondary N) is 1. The zero-order valence-electron chi connectivity index (χ0n) is 14.6. The van der Waals surface area contributed by atoms with E-state index in [0.29, 0.717) is 29.6 Å². The molecule has 132 valence electrons. The van der Waals surface area contributed by atoms with E-state index in [1.54, 1.807) is 4.40 Å². The molecule has 0 radical (unpaired) electrons. The van der Waals surface area contributed by atoms with Gasteiger partial charge >= 0.3 is 0 Å². The highest BCUT2D eigenvalue weighted by Gasteiger charge is 2.14. The van der Waals surface area contributed by atoms with Gasteiger partial charge in [-0.15, -0.1) is 0 Å². The number of nitrogens with zero attached hydrogens (tertiary/aromatic N) is 2. The Hall–Kier alpha value is -2.25. The summed E-state index contributed by atoms with van der Waals surface area (Å²) in [5, 5.41) is 2.82. The van der Waals surface area contributed by atoms with E-state index in [2.05, 4.69) is 10.3 Å². The molecule has 0 aliphatic rings. The summed E-state index contributed by atoms with van der Waals surface area (Å²) in [5.74, 6) is -0.250. The van der Waals surface area contributed by atoms with Crippen LogP contribution in [0.3, 0.4) is 0 Å². The molecule has 0 fully saturated rings. The SMILES string of the molecule is CCOCCCNC(=O)c1cc(=O)n2c(nc3cc(C)c(C)cc32)s1. The first-order valence-electron chi connectivity index (χ1n) is 8.30. The average Bonchev–Trinajstić information content (AvgIpc) is 2.92. The fourth-order valence-corrected chi connectivity index (χ4v) is 3.56. The van der Waals surface area contributed by atoms with Crippen LogP contribution in [-0.2, 0) is 4.74 Å². The maximum atomic E-state index is 12.5. The Kier molecular flexibility index (Phi) is 5.15. The second kappa shape index (κ2) is 7.33. The van der Waals surface area contributed by atoms with Gasteiger partial charge in [0.05, 0.1) is 11.0 Å². The van der Waals surface area contributed by atoms with Gasteiger partial charge < -0.3 is 10.1 Å². The van der Waals surface area contributed by atoms with E-state index in [9.17, 15) is 9.59 Å². The molecule has 2 heterocycles. The van der Waals surface area contributed by atoms with Crippen molar-refractivity contribution in [2.75, 3.05) is 19.8 Å². The number of rotatable bonds is 6. The molecule has 0 saturated heterocycles. The maximum Gasteiger partial charge on any atom is 0.261 e. The van der Waals surface area contributed by atoms with Crippen LogP contribution in [0, 0.1) is 13.8 Å². The predicted octanol–water partition coefficient (Wildman–Crippen LogP) is 2.68. The van der Waals surface area contributed by atoms with Crippen molar-refractivity contribution in [2.45, 2.75) is 27.2 Å². The van der Waals surface area contributed by atoms with Crippen LogP contribution < -0.4 is 10.9 Å². The summed E-state index contributed by atoms with van der Waals surface area (Å²) in [6.45, 7) is 7.74. The van der Waals surface area contributed by atoms with Crippen molar-refractivity contribution in [1.82, 2.24) is 14.7 Å². The average molecular weight is 359 g/mol. The Balaban J connectivity index is 1.90. The molecule has 0 spiro atoms. The van der Waals surface area contributed by atoms with Crippen molar-refractivity contribution in [3.63, 3.8) is 0 Å². The molecule has 0 bridgehead atoms. The van der Waals surface area contributed by atoms with E-state index < -0.39 is 0 Å². The lowest BCUT2D eigenvalue weighted by molar-refractivity contribution is 0.0948. The van der Waals surface area contributed by atoms with Crippen LogP contribution >= 0.6 is 11.3 Å². The van der Waals surface area contributed by atoms with Gasteiger partial charge in [0.1, 0.15) is 4.88 Å². The van der Waals surface area contributed by atoms with Crippen molar-refractivity contribution in [3.8, 4) is 0 Å². The van der Waals surface area contributed by atoms with E-state index in [1.807, 2.05) is 32.9 Å². The van der Waals surface area contributed by atoms with Gasteiger partial charge in [0, 0.05) is 25.8 Å². The van der Waals surface area contributed by atoms with Crippen LogP contribution in [0.15, 0.2) is 23.0 Å². The summed E-state index contributed by atoms with van der Waals surface area (Å²) in [7, 11) is 0. The zero-order valence-corrected chi connectivity index (χ0v) is 15.4. The van der Waals surface area contributed by atoms with Gasteiger partial charge in [-0.2, -0.15) is 0 Å². The smallest absolute Gasteiger partial charge is 0.261 e. The van der Waals surface area contributed by atoms with E-state index >= 15 is 0 Å². The van der Waals surface area contributed by atoms with Crippen LogP contribution in [0.1, 0.15) is 34.1 Å². The highest BCUT2D eigenvalue weighted by atomic mass is 32.1. The molecule has 3 aromatic rings. The van der Waals surface area contributed by atoms with Gasteiger partial charge in [-0.25, -0.2) is 4.98 Å². The summed E-state index contributed by atoms with van der Waals surface area (Å²) in [5.41, 5.74) is 3.54. The van der Waals surface area contributed by atoms with Gasteiger partial charge in [-0.1, -0.05) is 11.3 Å². The van der Waals surface area contributed by atoms with E-state index in [4.69, 9.17) is 4.74 Å². The Labute approximate surface area is 149 Å².